The van der Waals surface area contributed by atoms with Crippen LogP contribution in [0.3, 0.4) is 0 Å². The van der Waals surface area contributed by atoms with Crippen LogP contribution in [0.15, 0.2) is 30.3 Å². The van der Waals surface area contributed by atoms with Gasteiger partial charge in [0.1, 0.15) is 0 Å². The molecule has 0 radical (unpaired) electrons. The van der Waals surface area contributed by atoms with E-state index in [1.165, 1.54) is 4.31 Å². The Bertz CT molecular complexity index is 606. The van der Waals surface area contributed by atoms with Crippen LogP contribution in [0.1, 0.15) is 26.3 Å². The quantitative estimate of drug-likeness (QED) is 0.849. The van der Waals surface area contributed by atoms with Gasteiger partial charge in [0, 0.05) is 18.6 Å². The maximum atomic E-state index is 12.4. The van der Waals surface area contributed by atoms with E-state index in [9.17, 15) is 13.2 Å². The molecule has 1 aliphatic heterocycles. The van der Waals surface area contributed by atoms with Gasteiger partial charge in [-0.15, -0.1) is 0 Å². The molecule has 0 unspecified atom stereocenters. The number of benzene rings is 1. The second-order valence-electron chi connectivity index (χ2n) is 6.29. The summed E-state index contributed by atoms with van der Waals surface area (Å²) >= 11 is 0. The lowest BCUT2D eigenvalue weighted by molar-refractivity contribution is -0.139. The second kappa shape index (κ2) is 5.77. The van der Waals surface area contributed by atoms with Crippen LogP contribution in [0.4, 0.5) is 0 Å². The number of sulfonamides is 1. The predicted octanol–water partition coefficient (Wildman–Crippen LogP) is 1.46. The number of carbonyl (C=O) groups is 1. The fourth-order valence-electron chi connectivity index (χ4n) is 2.47. The molecule has 1 aromatic rings. The monoisotopic (exact) mass is 310 g/mol. The second-order valence-corrected chi connectivity index (χ2v) is 8.26. The molecule has 0 bridgehead atoms. The highest BCUT2D eigenvalue weighted by Crippen LogP contribution is 2.20. The lowest BCUT2D eigenvalue weighted by Gasteiger charge is -2.41. The Hall–Kier alpha value is -1.40. The van der Waals surface area contributed by atoms with Gasteiger partial charge >= 0.3 is 0 Å². The Kier molecular flexibility index (Phi) is 4.39. The number of amides is 1. The summed E-state index contributed by atoms with van der Waals surface area (Å²) in [6.07, 6.45) is 0. The largest absolute Gasteiger partial charge is 0.335 e. The third-order valence-corrected chi connectivity index (χ3v) is 5.38. The number of rotatable bonds is 3. The van der Waals surface area contributed by atoms with E-state index < -0.39 is 10.0 Å². The van der Waals surface area contributed by atoms with Crippen molar-refractivity contribution in [3.05, 3.63) is 35.9 Å². The molecule has 0 saturated carbocycles. The van der Waals surface area contributed by atoms with Crippen molar-refractivity contribution < 1.29 is 13.2 Å². The molecule has 1 aromatic carbocycles. The summed E-state index contributed by atoms with van der Waals surface area (Å²) in [6, 6.07) is 9.04. The van der Waals surface area contributed by atoms with E-state index in [1.54, 1.807) is 17.0 Å². The highest BCUT2D eigenvalue weighted by Gasteiger charge is 2.36. The Morgan fingerprint density at radius 2 is 1.71 bits per heavy atom. The van der Waals surface area contributed by atoms with Crippen LogP contribution >= 0.6 is 0 Å². The molecule has 0 N–H and O–H groups in total. The van der Waals surface area contributed by atoms with E-state index in [0.717, 1.165) is 5.56 Å². The van der Waals surface area contributed by atoms with Gasteiger partial charge in [-0.3, -0.25) is 4.79 Å². The SMILES string of the molecule is CC(C)(C)N1CCN(S(=O)(=O)Cc2ccccc2)CC1=O. The number of carbonyl (C=O) groups excluding carboxylic acids is 1. The fraction of sp³-hybridized carbons (Fsp3) is 0.533. The third-order valence-electron chi connectivity index (χ3n) is 3.58. The molecule has 1 fully saturated rings. The summed E-state index contributed by atoms with van der Waals surface area (Å²) < 4.78 is 26.1. The van der Waals surface area contributed by atoms with Gasteiger partial charge in [-0.05, 0) is 26.3 Å². The summed E-state index contributed by atoms with van der Waals surface area (Å²) in [7, 11) is -3.45. The Labute approximate surface area is 126 Å². The van der Waals surface area contributed by atoms with Gasteiger partial charge in [0.15, 0.2) is 0 Å². The molecule has 1 heterocycles. The predicted molar refractivity (Wildman–Crippen MR) is 82.1 cm³/mol. The molecule has 116 valence electrons. The van der Waals surface area contributed by atoms with Crippen LogP contribution in [0.2, 0.25) is 0 Å². The van der Waals surface area contributed by atoms with Crippen molar-refractivity contribution in [1.82, 2.24) is 9.21 Å². The third kappa shape index (κ3) is 3.83. The van der Waals surface area contributed by atoms with Gasteiger partial charge in [-0.2, -0.15) is 4.31 Å². The van der Waals surface area contributed by atoms with Gasteiger partial charge in [0.25, 0.3) is 0 Å². The van der Waals surface area contributed by atoms with Crippen molar-refractivity contribution in [2.75, 3.05) is 19.6 Å². The zero-order valence-electron chi connectivity index (χ0n) is 12.7. The molecule has 6 heteroatoms. The standard InChI is InChI=1S/C15H22N2O3S/c1-15(2,3)17-10-9-16(11-14(17)18)21(19,20)12-13-7-5-4-6-8-13/h4-8H,9-12H2,1-3H3. The summed E-state index contributed by atoms with van der Waals surface area (Å²) in [5.74, 6) is -0.193. The molecule has 0 aromatic heterocycles. The van der Waals surface area contributed by atoms with Gasteiger partial charge in [0.05, 0.1) is 12.3 Å². The minimum absolute atomic E-state index is 0.0589. The van der Waals surface area contributed by atoms with E-state index in [2.05, 4.69) is 0 Å². The maximum absolute atomic E-state index is 12.4. The Morgan fingerprint density at radius 1 is 1.10 bits per heavy atom. The first-order valence-electron chi connectivity index (χ1n) is 7.02. The van der Waals surface area contributed by atoms with Gasteiger partial charge < -0.3 is 4.90 Å². The van der Waals surface area contributed by atoms with Gasteiger partial charge in [-0.1, -0.05) is 30.3 Å². The summed E-state index contributed by atoms with van der Waals surface area (Å²) in [5.41, 5.74) is 0.468. The van der Waals surface area contributed by atoms with Gasteiger partial charge in [0.2, 0.25) is 15.9 Å². The molecule has 0 atom stereocenters. The fourth-order valence-corrected chi connectivity index (χ4v) is 3.94. The first-order valence-corrected chi connectivity index (χ1v) is 8.63. The normalized spacial score (nSPS) is 18.0. The van der Waals surface area contributed by atoms with Crippen molar-refractivity contribution in [1.29, 1.82) is 0 Å². The van der Waals surface area contributed by atoms with Crippen molar-refractivity contribution >= 4 is 15.9 Å². The minimum Gasteiger partial charge on any atom is -0.335 e. The average molecular weight is 310 g/mol. The van der Waals surface area contributed by atoms with Crippen LogP contribution in [0, 0.1) is 0 Å². The molecule has 0 spiro atoms. The minimum atomic E-state index is -3.45. The summed E-state index contributed by atoms with van der Waals surface area (Å²) in [5, 5.41) is 0. The Morgan fingerprint density at radius 3 is 2.24 bits per heavy atom. The zero-order valence-corrected chi connectivity index (χ0v) is 13.6. The number of hydrogen-bond donors (Lipinski definition) is 0. The lowest BCUT2D eigenvalue weighted by Crippen LogP contribution is -2.58. The first kappa shape index (κ1) is 16.0. The first-order chi connectivity index (χ1) is 9.70. The van der Waals surface area contributed by atoms with Gasteiger partial charge in [-0.25, -0.2) is 8.42 Å². The molecule has 5 nitrogen and oxygen atoms in total. The maximum Gasteiger partial charge on any atom is 0.238 e. The van der Waals surface area contributed by atoms with Crippen molar-refractivity contribution in [2.45, 2.75) is 32.1 Å². The topological polar surface area (TPSA) is 57.7 Å². The summed E-state index contributed by atoms with van der Waals surface area (Å²) in [4.78, 5) is 13.9. The van der Waals surface area contributed by atoms with Crippen LogP contribution in [0.5, 0.6) is 0 Å². The van der Waals surface area contributed by atoms with E-state index in [-0.39, 0.29) is 23.7 Å². The Balaban J connectivity index is 2.08. The number of piperazine rings is 1. The zero-order chi connectivity index (χ0) is 15.7. The molecule has 21 heavy (non-hydrogen) atoms. The molecule has 2 rings (SSSR count). The van der Waals surface area contributed by atoms with Crippen LogP contribution in [-0.4, -0.2) is 48.7 Å². The van der Waals surface area contributed by atoms with Crippen molar-refractivity contribution in [3.63, 3.8) is 0 Å². The van der Waals surface area contributed by atoms with Crippen molar-refractivity contribution in [3.8, 4) is 0 Å². The smallest absolute Gasteiger partial charge is 0.238 e. The molecule has 1 saturated heterocycles. The van der Waals surface area contributed by atoms with E-state index >= 15 is 0 Å². The highest BCUT2D eigenvalue weighted by molar-refractivity contribution is 7.88. The van der Waals surface area contributed by atoms with E-state index in [4.69, 9.17) is 0 Å². The number of hydrogen-bond acceptors (Lipinski definition) is 3. The lowest BCUT2D eigenvalue weighted by atomic mass is 10.1. The molecule has 1 aliphatic rings. The molecule has 1 amide bonds. The van der Waals surface area contributed by atoms with Crippen LogP contribution in [0.25, 0.3) is 0 Å². The molecular weight excluding hydrogens is 288 g/mol. The summed E-state index contributed by atoms with van der Waals surface area (Å²) in [6.45, 7) is 6.61. The average Bonchev–Trinajstić information content (AvgIpc) is 2.37. The highest BCUT2D eigenvalue weighted by atomic mass is 32.2. The van der Waals surface area contributed by atoms with E-state index in [1.807, 2.05) is 39.0 Å². The van der Waals surface area contributed by atoms with E-state index in [0.29, 0.717) is 13.1 Å². The van der Waals surface area contributed by atoms with Crippen molar-refractivity contribution in [2.24, 2.45) is 0 Å². The molecule has 0 aliphatic carbocycles. The molecular formula is C15H22N2O3S. The number of nitrogens with zero attached hydrogens (tertiary/aromatic N) is 2. The van der Waals surface area contributed by atoms with Crippen LogP contribution in [-0.2, 0) is 20.6 Å². The van der Waals surface area contributed by atoms with Crippen LogP contribution < -0.4 is 0 Å².